The van der Waals surface area contributed by atoms with Crippen LogP contribution < -0.4 is 5.43 Å². The number of pyridine rings is 1. The van der Waals surface area contributed by atoms with Crippen LogP contribution in [-0.4, -0.2) is 46.8 Å². The van der Waals surface area contributed by atoms with E-state index < -0.39 is 9.84 Å². The van der Waals surface area contributed by atoms with Crippen molar-refractivity contribution in [3.63, 3.8) is 0 Å². The number of sulfone groups is 1. The number of hydrazone groups is 1. The Kier molecular flexibility index (Phi) is 4.67. The lowest BCUT2D eigenvalue weighted by Gasteiger charge is -2.10. The molecule has 0 unspecified atom stereocenters. The average Bonchev–Trinajstić information content (AvgIpc) is 3.08. The van der Waals surface area contributed by atoms with Gasteiger partial charge < -0.3 is 0 Å². The summed E-state index contributed by atoms with van der Waals surface area (Å²) in [6.45, 7) is 3.70. The highest BCUT2D eigenvalue weighted by atomic mass is 32.2. The molecule has 8 nitrogen and oxygen atoms in total. The molecule has 1 saturated heterocycles. The van der Waals surface area contributed by atoms with Gasteiger partial charge in [0.2, 0.25) is 0 Å². The third kappa shape index (κ3) is 3.76. The standard InChI is InChI=1S/C16H19N5O3S/c1-11-15(9-18-19-16(22)13-4-3-6-17-8-13)12(2)21(20-11)14-5-7-25(23,24)10-14/h3-4,6,8-9,14H,5,7,10H2,1-2H3,(H,19,22)/b18-9-/t14-/m0/s1. The van der Waals surface area contributed by atoms with Gasteiger partial charge in [0.05, 0.1) is 35.0 Å². The third-order valence-electron chi connectivity index (χ3n) is 4.22. The molecule has 0 saturated carbocycles. The van der Waals surface area contributed by atoms with Gasteiger partial charge in [0.1, 0.15) is 0 Å². The van der Waals surface area contributed by atoms with Gasteiger partial charge in [-0.05, 0) is 32.4 Å². The second-order valence-electron chi connectivity index (χ2n) is 6.03. The number of aromatic nitrogens is 3. The Balaban J connectivity index is 1.74. The maximum Gasteiger partial charge on any atom is 0.272 e. The van der Waals surface area contributed by atoms with Gasteiger partial charge in [0.15, 0.2) is 9.84 Å². The van der Waals surface area contributed by atoms with Crippen molar-refractivity contribution in [2.45, 2.75) is 26.3 Å². The molecule has 3 rings (SSSR count). The molecule has 2 aromatic rings. The van der Waals surface area contributed by atoms with Crippen molar-refractivity contribution in [1.29, 1.82) is 0 Å². The van der Waals surface area contributed by atoms with Gasteiger partial charge in [0.25, 0.3) is 5.91 Å². The molecule has 0 aromatic carbocycles. The highest BCUT2D eigenvalue weighted by Crippen LogP contribution is 2.26. The second kappa shape index (κ2) is 6.75. The molecule has 0 radical (unpaired) electrons. The number of hydrogen-bond donors (Lipinski definition) is 1. The molecular formula is C16H19N5O3S. The predicted octanol–water partition coefficient (Wildman–Crippen LogP) is 1.02. The topological polar surface area (TPSA) is 106 Å². The molecule has 25 heavy (non-hydrogen) atoms. The zero-order valence-electron chi connectivity index (χ0n) is 14.0. The summed E-state index contributed by atoms with van der Waals surface area (Å²) >= 11 is 0. The largest absolute Gasteiger partial charge is 0.272 e. The van der Waals surface area contributed by atoms with E-state index >= 15 is 0 Å². The lowest BCUT2D eigenvalue weighted by atomic mass is 10.2. The number of aryl methyl sites for hydroxylation is 1. The van der Waals surface area contributed by atoms with Crippen molar-refractivity contribution < 1.29 is 13.2 Å². The van der Waals surface area contributed by atoms with Crippen molar-refractivity contribution in [3.8, 4) is 0 Å². The summed E-state index contributed by atoms with van der Waals surface area (Å²) in [6, 6.07) is 3.18. The Labute approximate surface area is 145 Å². The minimum Gasteiger partial charge on any atom is -0.267 e. The summed E-state index contributed by atoms with van der Waals surface area (Å²) in [5.74, 6) is -0.0434. The highest BCUT2D eigenvalue weighted by molar-refractivity contribution is 7.91. The van der Waals surface area contributed by atoms with Crippen molar-refractivity contribution >= 4 is 22.0 Å². The normalized spacial score (nSPS) is 19.4. The number of carbonyl (C=O) groups excluding carboxylic acids is 1. The zero-order valence-corrected chi connectivity index (χ0v) is 14.8. The minimum atomic E-state index is -2.98. The van der Waals surface area contributed by atoms with Crippen LogP contribution in [0.25, 0.3) is 0 Å². The van der Waals surface area contributed by atoms with Gasteiger partial charge in [-0.2, -0.15) is 10.2 Å². The molecule has 1 aliphatic heterocycles. The lowest BCUT2D eigenvalue weighted by molar-refractivity contribution is 0.0954. The molecule has 0 bridgehead atoms. The Hall–Kier alpha value is -2.55. The van der Waals surface area contributed by atoms with Crippen molar-refractivity contribution in [2.75, 3.05) is 11.5 Å². The lowest BCUT2D eigenvalue weighted by Crippen LogP contribution is -2.17. The van der Waals surface area contributed by atoms with Gasteiger partial charge in [-0.1, -0.05) is 0 Å². The molecular weight excluding hydrogens is 342 g/mol. The summed E-state index contributed by atoms with van der Waals surface area (Å²) in [5.41, 5.74) is 5.21. The van der Waals surface area contributed by atoms with Crippen molar-refractivity contribution in [1.82, 2.24) is 20.2 Å². The van der Waals surface area contributed by atoms with Crippen molar-refractivity contribution in [2.24, 2.45) is 5.10 Å². The maximum absolute atomic E-state index is 11.9. The van der Waals surface area contributed by atoms with Gasteiger partial charge >= 0.3 is 0 Å². The van der Waals surface area contributed by atoms with Crippen LogP contribution in [0, 0.1) is 13.8 Å². The van der Waals surface area contributed by atoms with E-state index in [0.717, 1.165) is 17.0 Å². The van der Waals surface area contributed by atoms with E-state index in [1.165, 1.54) is 12.4 Å². The number of amides is 1. The quantitative estimate of drug-likeness (QED) is 0.646. The van der Waals surface area contributed by atoms with Crippen LogP contribution in [0.5, 0.6) is 0 Å². The number of nitrogens with zero attached hydrogens (tertiary/aromatic N) is 4. The monoisotopic (exact) mass is 361 g/mol. The summed E-state index contributed by atoms with van der Waals surface area (Å²) in [7, 11) is -2.98. The first-order valence-electron chi connectivity index (χ1n) is 7.87. The maximum atomic E-state index is 11.9. The van der Waals surface area contributed by atoms with Crippen LogP contribution in [0.1, 0.15) is 39.8 Å². The molecule has 9 heteroatoms. The van der Waals surface area contributed by atoms with Crippen LogP contribution in [-0.2, 0) is 9.84 Å². The predicted molar refractivity (Wildman–Crippen MR) is 93.3 cm³/mol. The molecule has 0 spiro atoms. The summed E-state index contributed by atoms with van der Waals surface area (Å²) in [5, 5.41) is 8.44. The summed E-state index contributed by atoms with van der Waals surface area (Å²) in [6.07, 6.45) is 5.15. The van der Waals surface area contributed by atoms with E-state index in [0.29, 0.717) is 12.0 Å². The number of rotatable bonds is 4. The Morgan fingerprint density at radius 1 is 1.44 bits per heavy atom. The third-order valence-corrected chi connectivity index (χ3v) is 5.97. The van der Waals surface area contributed by atoms with Crippen LogP contribution in [0.15, 0.2) is 29.6 Å². The van der Waals surface area contributed by atoms with E-state index in [2.05, 4.69) is 20.6 Å². The highest BCUT2D eigenvalue weighted by Gasteiger charge is 2.31. The van der Waals surface area contributed by atoms with Crippen LogP contribution in [0.3, 0.4) is 0 Å². The number of carbonyl (C=O) groups is 1. The molecule has 2 aromatic heterocycles. The van der Waals surface area contributed by atoms with Crippen molar-refractivity contribution in [3.05, 3.63) is 47.0 Å². The first-order valence-corrected chi connectivity index (χ1v) is 9.69. The van der Waals surface area contributed by atoms with E-state index in [-0.39, 0.29) is 23.5 Å². The van der Waals surface area contributed by atoms with Gasteiger partial charge in [-0.3, -0.25) is 14.5 Å². The Morgan fingerprint density at radius 2 is 2.24 bits per heavy atom. The summed E-state index contributed by atoms with van der Waals surface area (Å²) in [4.78, 5) is 15.8. The van der Waals surface area contributed by atoms with Gasteiger partial charge in [-0.15, -0.1) is 0 Å². The molecule has 1 fully saturated rings. The SMILES string of the molecule is Cc1nn([C@H]2CCS(=O)(=O)C2)c(C)c1/C=N\NC(=O)c1cccnc1. The molecule has 1 atom stereocenters. The zero-order chi connectivity index (χ0) is 18.0. The number of nitrogens with one attached hydrogen (secondary N) is 1. The summed E-state index contributed by atoms with van der Waals surface area (Å²) < 4.78 is 25.1. The molecule has 1 amide bonds. The van der Waals surface area contributed by atoms with E-state index in [1.54, 1.807) is 23.0 Å². The fourth-order valence-corrected chi connectivity index (χ4v) is 4.60. The van der Waals surface area contributed by atoms with E-state index in [1.807, 2.05) is 13.8 Å². The van der Waals surface area contributed by atoms with Crippen LogP contribution in [0.2, 0.25) is 0 Å². The van der Waals surface area contributed by atoms with E-state index in [4.69, 9.17) is 0 Å². The first-order chi connectivity index (χ1) is 11.9. The smallest absolute Gasteiger partial charge is 0.267 e. The van der Waals surface area contributed by atoms with E-state index in [9.17, 15) is 13.2 Å². The fraction of sp³-hybridized carbons (Fsp3) is 0.375. The Bertz CT molecular complexity index is 919. The Morgan fingerprint density at radius 3 is 2.88 bits per heavy atom. The number of hydrogen-bond acceptors (Lipinski definition) is 6. The molecule has 3 heterocycles. The fourth-order valence-electron chi connectivity index (χ4n) is 2.90. The minimum absolute atomic E-state index is 0.114. The molecule has 132 valence electrons. The molecule has 0 aliphatic carbocycles. The molecule has 1 N–H and O–H groups in total. The van der Waals surface area contributed by atoms with Crippen LogP contribution >= 0.6 is 0 Å². The van der Waals surface area contributed by atoms with Gasteiger partial charge in [-0.25, -0.2) is 13.8 Å². The average molecular weight is 361 g/mol. The first kappa shape index (κ1) is 17.3. The van der Waals surface area contributed by atoms with Gasteiger partial charge in [0, 0.05) is 23.7 Å². The second-order valence-corrected chi connectivity index (χ2v) is 8.26. The van der Waals surface area contributed by atoms with Crippen LogP contribution in [0.4, 0.5) is 0 Å². The molecule has 1 aliphatic rings.